The number of likely N-dealkylation sites (tertiary alicyclic amines) is 1. The smallest absolute Gasteiger partial charge is 0.226 e. The molecule has 1 amide bonds. The van der Waals surface area contributed by atoms with Crippen LogP contribution in [0.5, 0.6) is 0 Å². The number of nitrogens with zero attached hydrogens (tertiary/aromatic N) is 1. The second-order valence-corrected chi connectivity index (χ2v) is 7.63. The first-order valence-electron chi connectivity index (χ1n) is 8.41. The van der Waals surface area contributed by atoms with Gasteiger partial charge in [-0.05, 0) is 42.9 Å². The molecule has 0 radical (unpaired) electrons. The average Bonchev–Trinajstić information content (AvgIpc) is 2.45. The second kappa shape index (κ2) is 6.66. The van der Waals surface area contributed by atoms with Gasteiger partial charge in [-0.3, -0.25) is 4.79 Å². The lowest BCUT2D eigenvalue weighted by Gasteiger charge is -2.48. The van der Waals surface area contributed by atoms with Gasteiger partial charge in [0.15, 0.2) is 0 Å². The molecular weight excluding hydrogens is 264 g/mol. The summed E-state index contributed by atoms with van der Waals surface area (Å²) < 4.78 is 5.23. The summed E-state index contributed by atoms with van der Waals surface area (Å²) in [4.78, 5) is 15.0. The lowest BCUT2D eigenvalue weighted by Crippen LogP contribution is -2.53. The third-order valence-corrected chi connectivity index (χ3v) is 6.13. The quantitative estimate of drug-likeness (QED) is 0.869. The van der Waals surface area contributed by atoms with E-state index in [4.69, 9.17) is 10.5 Å². The Kier molecular flexibility index (Phi) is 5.31. The van der Waals surface area contributed by atoms with Gasteiger partial charge in [-0.25, -0.2) is 0 Å². The Morgan fingerprint density at radius 2 is 1.86 bits per heavy atom. The van der Waals surface area contributed by atoms with Gasteiger partial charge in [0.2, 0.25) is 5.91 Å². The van der Waals surface area contributed by atoms with Crippen LogP contribution in [0, 0.1) is 23.2 Å². The summed E-state index contributed by atoms with van der Waals surface area (Å²) in [7, 11) is 1.76. The summed E-state index contributed by atoms with van der Waals surface area (Å²) in [6, 6.07) is 0.233. The minimum atomic E-state index is -0.00186. The number of carbonyl (C=O) groups is 1. The van der Waals surface area contributed by atoms with E-state index in [-0.39, 0.29) is 17.4 Å². The number of piperidine rings is 1. The van der Waals surface area contributed by atoms with E-state index in [1.807, 2.05) is 0 Å². The van der Waals surface area contributed by atoms with Gasteiger partial charge in [0.05, 0.1) is 0 Å². The SMILES string of the molecule is COCC1CCN(C(=O)C2CCC(N)C(C)C2(C)C)CC1. The number of hydrogen-bond acceptors (Lipinski definition) is 3. The summed E-state index contributed by atoms with van der Waals surface area (Å²) in [5.74, 6) is 1.50. The van der Waals surface area contributed by atoms with E-state index in [2.05, 4.69) is 25.7 Å². The van der Waals surface area contributed by atoms with Crippen molar-refractivity contribution >= 4 is 5.91 Å². The van der Waals surface area contributed by atoms with Gasteiger partial charge in [0.1, 0.15) is 0 Å². The standard InChI is InChI=1S/C17H32N2O2/c1-12-15(18)6-5-14(17(12,2)3)16(20)19-9-7-13(8-10-19)11-21-4/h12-15H,5-11,18H2,1-4H3. The number of hydrogen-bond donors (Lipinski definition) is 1. The summed E-state index contributed by atoms with van der Waals surface area (Å²) in [6.07, 6.45) is 4.06. The zero-order valence-electron chi connectivity index (χ0n) is 14.1. The van der Waals surface area contributed by atoms with Crippen LogP contribution < -0.4 is 5.73 Å². The van der Waals surface area contributed by atoms with Gasteiger partial charge in [0.25, 0.3) is 0 Å². The summed E-state index contributed by atoms with van der Waals surface area (Å²) in [5.41, 5.74) is 6.21. The molecule has 2 fully saturated rings. The summed E-state index contributed by atoms with van der Waals surface area (Å²) in [5, 5.41) is 0. The first-order valence-corrected chi connectivity index (χ1v) is 8.41. The van der Waals surface area contributed by atoms with Crippen LogP contribution >= 0.6 is 0 Å². The molecule has 21 heavy (non-hydrogen) atoms. The molecule has 3 atom stereocenters. The van der Waals surface area contributed by atoms with Crippen molar-refractivity contribution in [3.63, 3.8) is 0 Å². The molecule has 2 N–H and O–H groups in total. The molecule has 1 heterocycles. The van der Waals surface area contributed by atoms with Crippen molar-refractivity contribution in [3.05, 3.63) is 0 Å². The number of nitrogens with two attached hydrogens (primary N) is 1. The summed E-state index contributed by atoms with van der Waals surface area (Å²) in [6.45, 7) is 9.24. The fourth-order valence-electron chi connectivity index (χ4n) is 4.07. The van der Waals surface area contributed by atoms with Crippen LogP contribution in [0.1, 0.15) is 46.5 Å². The molecule has 4 nitrogen and oxygen atoms in total. The number of rotatable bonds is 3. The van der Waals surface area contributed by atoms with Crippen LogP contribution in [0.3, 0.4) is 0 Å². The van der Waals surface area contributed by atoms with Crippen molar-refractivity contribution in [3.8, 4) is 0 Å². The van der Waals surface area contributed by atoms with Gasteiger partial charge in [-0.15, -0.1) is 0 Å². The maximum atomic E-state index is 12.9. The molecule has 1 saturated heterocycles. The van der Waals surface area contributed by atoms with Crippen molar-refractivity contribution in [1.29, 1.82) is 0 Å². The van der Waals surface area contributed by atoms with Crippen LogP contribution in [-0.4, -0.2) is 43.7 Å². The topological polar surface area (TPSA) is 55.6 Å². The number of carbonyl (C=O) groups excluding carboxylic acids is 1. The largest absolute Gasteiger partial charge is 0.384 e. The van der Waals surface area contributed by atoms with Crippen molar-refractivity contribution in [2.75, 3.05) is 26.8 Å². The van der Waals surface area contributed by atoms with Crippen molar-refractivity contribution in [1.82, 2.24) is 4.90 Å². The Bertz CT molecular complexity index is 362. The van der Waals surface area contributed by atoms with Crippen LogP contribution in [0.4, 0.5) is 0 Å². The van der Waals surface area contributed by atoms with Gasteiger partial charge in [0, 0.05) is 38.8 Å². The highest BCUT2D eigenvalue weighted by atomic mass is 16.5. The Morgan fingerprint density at radius 1 is 1.24 bits per heavy atom. The highest BCUT2D eigenvalue weighted by Gasteiger charge is 2.46. The molecule has 1 aliphatic heterocycles. The Hall–Kier alpha value is -0.610. The molecule has 2 aliphatic rings. The number of ether oxygens (including phenoxy) is 1. The van der Waals surface area contributed by atoms with Crippen LogP contribution in [-0.2, 0) is 9.53 Å². The Morgan fingerprint density at radius 3 is 2.43 bits per heavy atom. The minimum absolute atomic E-state index is 0.00186. The molecule has 122 valence electrons. The predicted molar refractivity (Wildman–Crippen MR) is 84.8 cm³/mol. The zero-order chi connectivity index (χ0) is 15.6. The van der Waals surface area contributed by atoms with E-state index >= 15 is 0 Å². The first kappa shape index (κ1) is 16.8. The van der Waals surface area contributed by atoms with Crippen molar-refractivity contribution in [2.45, 2.75) is 52.5 Å². The molecule has 0 aromatic heterocycles. The maximum Gasteiger partial charge on any atom is 0.226 e. The lowest BCUT2D eigenvalue weighted by molar-refractivity contribution is -0.145. The predicted octanol–water partition coefficient (Wildman–Crippen LogP) is 2.27. The monoisotopic (exact) mass is 296 g/mol. The Balaban J connectivity index is 1.97. The van der Waals surface area contributed by atoms with Gasteiger partial charge < -0.3 is 15.4 Å². The van der Waals surface area contributed by atoms with E-state index in [1.165, 1.54) is 0 Å². The van der Waals surface area contributed by atoms with Crippen molar-refractivity contribution in [2.24, 2.45) is 28.9 Å². The zero-order valence-corrected chi connectivity index (χ0v) is 14.1. The molecule has 4 heteroatoms. The normalized spacial score (nSPS) is 34.0. The summed E-state index contributed by atoms with van der Waals surface area (Å²) >= 11 is 0. The van der Waals surface area contributed by atoms with Crippen molar-refractivity contribution < 1.29 is 9.53 Å². The molecule has 1 saturated carbocycles. The molecule has 0 spiro atoms. The van der Waals surface area contributed by atoms with E-state index in [1.54, 1.807) is 7.11 Å². The fraction of sp³-hybridized carbons (Fsp3) is 0.941. The van der Waals surface area contributed by atoms with E-state index in [0.29, 0.717) is 17.7 Å². The van der Waals surface area contributed by atoms with Crippen LogP contribution in [0.25, 0.3) is 0 Å². The molecule has 0 aromatic rings. The molecule has 1 aliphatic carbocycles. The fourth-order valence-corrected chi connectivity index (χ4v) is 4.07. The van der Waals surface area contributed by atoms with Crippen LogP contribution in [0.15, 0.2) is 0 Å². The van der Waals surface area contributed by atoms with Gasteiger partial charge >= 0.3 is 0 Å². The van der Waals surface area contributed by atoms with Gasteiger partial charge in [-0.2, -0.15) is 0 Å². The molecule has 2 rings (SSSR count). The molecule has 0 aromatic carbocycles. The highest BCUT2D eigenvalue weighted by molar-refractivity contribution is 5.80. The molecule has 0 bridgehead atoms. The average molecular weight is 296 g/mol. The third-order valence-electron chi connectivity index (χ3n) is 6.13. The maximum absolute atomic E-state index is 12.9. The number of amides is 1. The second-order valence-electron chi connectivity index (χ2n) is 7.63. The lowest BCUT2D eigenvalue weighted by atomic mass is 9.60. The van der Waals surface area contributed by atoms with E-state index < -0.39 is 0 Å². The molecule has 3 unspecified atom stereocenters. The highest BCUT2D eigenvalue weighted by Crippen LogP contribution is 2.45. The van der Waals surface area contributed by atoms with Gasteiger partial charge in [-0.1, -0.05) is 20.8 Å². The third kappa shape index (κ3) is 3.42. The molecular formula is C17H32N2O2. The Labute approximate surface area is 129 Å². The van der Waals surface area contributed by atoms with E-state index in [9.17, 15) is 4.79 Å². The number of methoxy groups -OCH3 is 1. The van der Waals surface area contributed by atoms with E-state index in [0.717, 1.165) is 45.4 Å². The first-order chi connectivity index (χ1) is 9.87. The van der Waals surface area contributed by atoms with Crippen LogP contribution in [0.2, 0.25) is 0 Å². The minimum Gasteiger partial charge on any atom is -0.384 e.